The van der Waals surface area contributed by atoms with Gasteiger partial charge in [-0.15, -0.1) is 10.2 Å². The third-order valence-corrected chi connectivity index (χ3v) is 7.71. The van der Waals surface area contributed by atoms with Crippen LogP contribution in [0.1, 0.15) is 35.6 Å². The van der Waals surface area contributed by atoms with Gasteiger partial charge in [-0.25, -0.2) is 9.36 Å². The molecule has 0 bridgehead atoms. The molecule has 42 heavy (non-hydrogen) atoms. The van der Waals surface area contributed by atoms with Crippen molar-refractivity contribution >= 4 is 0 Å². The van der Waals surface area contributed by atoms with Gasteiger partial charge in [0, 0.05) is 24.2 Å². The minimum Gasteiger partial charge on any atom is -0.389 e. The Morgan fingerprint density at radius 3 is 1.50 bits per heavy atom. The third kappa shape index (κ3) is 6.97. The predicted molar refractivity (Wildman–Crippen MR) is 145 cm³/mol. The van der Waals surface area contributed by atoms with Crippen LogP contribution in [0.2, 0.25) is 0 Å². The van der Waals surface area contributed by atoms with Crippen molar-refractivity contribution in [1.29, 1.82) is 0 Å². The molecule has 10 atom stereocenters. The van der Waals surface area contributed by atoms with Gasteiger partial charge in [0.1, 0.15) is 35.8 Å². The van der Waals surface area contributed by atoms with Gasteiger partial charge >= 0.3 is 0 Å². The molecule has 0 aromatic carbocycles. The van der Waals surface area contributed by atoms with E-state index >= 15 is 0 Å². The largest absolute Gasteiger partial charge is 0.389 e. The monoisotopic (exact) mass is 589 g/mol. The summed E-state index contributed by atoms with van der Waals surface area (Å²) >= 11 is 0. The van der Waals surface area contributed by atoms with Gasteiger partial charge in [0.2, 0.25) is 0 Å². The van der Waals surface area contributed by atoms with Gasteiger partial charge in [-0.2, -0.15) is 0 Å². The van der Waals surface area contributed by atoms with E-state index in [1.807, 2.05) is 18.2 Å². The van der Waals surface area contributed by atoms with E-state index in [2.05, 4.69) is 25.6 Å². The van der Waals surface area contributed by atoms with Crippen LogP contribution in [0.25, 0.3) is 0 Å². The van der Waals surface area contributed by atoms with Crippen LogP contribution in [0, 0.1) is 0 Å². The molecule has 5 rings (SSSR count). The number of hydrogen-bond donors (Lipinski definition) is 8. The maximum Gasteiger partial charge on any atom is 0.109 e. The smallest absolute Gasteiger partial charge is 0.109 e. The highest BCUT2D eigenvalue weighted by Gasteiger charge is 2.42. The van der Waals surface area contributed by atoms with Crippen LogP contribution < -0.4 is 22.9 Å². The molecule has 17 nitrogen and oxygen atoms in total. The maximum absolute atomic E-state index is 10.3. The van der Waals surface area contributed by atoms with Crippen LogP contribution in [-0.2, 0) is 35.8 Å². The fourth-order valence-corrected chi connectivity index (χ4v) is 5.39. The highest BCUT2D eigenvalue weighted by molar-refractivity contribution is 5.12. The summed E-state index contributed by atoms with van der Waals surface area (Å²) in [5.41, 5.74) is 26.3. The first-order valence-electron chi connectivity index (χ1n) is 13.8. The van der Waals surface area contributed by atoms with Crippen LogP contribution >= 0.6 is 0 Å². The Hall–Kier alpha value is -2.97. The van der Waals surface area contributed by atoms with E-state index in [-0.39, 0.29) is 13.2 Å². The molecule has 12 N–H and O–H groups in total. The highest BCUT2D eigenvalue weighted by Crippen LogP contribution is 2.23. The number of aromatic nitrogens is 7. The van der Waals surface area contributed by atoms with Crippen LogP contribution in [0.3, 0.4) is 0 Å². The molecule has 3 aromatic rings. The maximum atomic E-state index is 10.3. The number of rotatable bonds is 10. The SMILES string of the molecule is N[C@@H]1C[C@H](N)[C@@H](OCc2cn(Cc3cccc(Cn4cc(CO[C@H]5[C@H](O)[C@@H](O)[C@H](N)C[C@@H]5N)nn4)n3)nn2)[C@H](O)[C@H]1O. The van der Waals surface area contributed by atoms with E-state index in [0.29, 0.717) is 37.3 Å². The summed E-state index contributed by atoms with van der Waals surface area (Å²) in [7, 11) is 0. The Bertz CT molecular complexity index is 1220. The topological polar surface area (TPSA) is 278 Å². The minimum absolute atomic E-state index is 0.0585. The molecule has 17 heteroatoms. The molecule has 3 heterocycles. The lowest BCUT2D eigenvalue weighted by Crippen LogP contribution is -2.61. The standard InChI is InChI=1S/C25H39N11O6/c26-16-4-18(28)24(22(39)20(16)37)41-10-14-8-35(33-31-14)6-12-2-1-3-13(30-12)7-36-9-15(32-34-36)11-42-25-19(29)5-17(27)21(38)23(25)40/h1-3,8-9,16-25,37-40H,4-7,10-11,26-29H2/t16-,17-,18+,19+,20+,21+,22-,23-,24-,25-/m1/s1. The van der Waals surface area contributed by atoms with Gasteiger partial charge in [-0.1, -0.05) is 16.5 Å². The van der Waals surface area contributed by atoms with Crippen molar-refractivity contribution in [2.45, 2.75) is 99.9 Å². The van der Waals surface area contributed by atoms with Gasteiger partial charge in [0.15, 0.2) is 0 Å². The number of nitrogens with two attached hydrogens (primary N) is 4. The Labute approximate surface area is 241 Å². The molecule has 0 spiro atoms. The molecular weight excluding hydrogens is 550 g/mol. The van der Waals surface area contributed by atoms with Gasteiger partial charge in [0.25, 0.3) is 0 Å². The molecule has 2 aliphatic rings. The normalized spacial score (nSPS) is 33.6. The van der Waals surface area contributed by atoms with Gasteiger partial charge in [-0.3, -0.25) is 4.98 Å². The van der Waals surface area contributed by atoms with Crippen molar-refractivity contribution in [1.82, 2.24) is 35.0 Å². The molecule has 0 aliphatic heterocycles. The lowest BCUT2D eigenvalue weighted by Gasteiger charge is -2.39. The van der Waals surface area contributed by atoms with Crippen molar-refractivity contribution < 1.29 is 29.9 Å². The number of aliphatic hydroxyl groups excluding tert-OH is 4. The minimum atomic E-state index is -1.18. The zero-order valence-corrected chi connectivity index (χ0v) is 22.9. The molecule has 2 fully saturated rings. The summed E-state index contributed by atoms with van der Waals surface area (Å²) in [6, 6.07) is 3.39. The number of pyridine rings is 1. The molecule has 2 aliphatic carbocycles. The lowest BCUT2D eigenvalue weighted by atomic mass is 9.85. The fraction of sp³-hybridized carbons (Fsp3) is 0.640. The van der Waals surface area contributed by atoms with E-state index in [9.17, 15) is 20.4 Å². The zero-order chi connectivity index (χ0) is 30.0. The summed E-state index contributed by atoms with van der Waals surface area (Å²) < 4.78 is 14.7. The second-order valence-electron chi connectivity index (χ2n) is 11.1. The number of nitrogens with zero attached hydrogens (tertiary/aromatic N) is 7. The Kier molecular flexibility index (Phi) is 9.53. The summed E-state index contributed by atoms with van der Waals surface area (Å²) in [6.45, 7) is 0.831. The first-order valence-corrected chi connectivity index (χ1v) is 13.8. The second-order valence-corrected chi connectivity index (χ2v) is 11.1. The fourth-order valence-electron chi connectivity index (χ4n) is 5.39. The summed E-state index contributed by atoms with van der Waals surface area (Å²) in [5.74, 6) is 0. The quantitative estimate of drug-likeness (QED) is 0.111. The van der Waals surface area contributed by atoms with Crippen molar-refractivity contribution in [2.24, 2.45) is 22.9 Å². The highest BCUT2D eigenvalue weighted by atomic mass is 16.5. The van der Waals surface area contributed by atoms with Crippen molar-refractivity contribution in [3.05, 3.63) is 53.4 Å². The number of hydrogen-bond acceptors (Lipinski definition) is 15. The first kappa shape index (κ1) is 30.5. The van der Waals surface area contributed by atoms with Crippen LogP contribution in [-0.4, -0.2) is 116 Å². The predicted octanol–water partition coefficient (Wildman–Crippen LogP) is -4.31. The van der Waals surface area contributed by atoms with Gasteiger partial charge in [0.05, 0.1) is 62.3 Å². The van der Waals surface area contributed by atoms with Crippen molar-refractivity contribution in [3.8, 4) is 0 Å². The Morgan fingerprint density at radius 1 is 0.643 bits per heavy atom. The van der Waals surface area contributed by atoms with E-state index in [0.717, 1.165) is 11.4 Å². The average molecular weight is 590 g/mol. The summed E-state index contributed by atoms with van der Waals surface area (Å²) in [5, 5.41) is 57.1. The van der Waals surface area contributed by atoms with Gasteiger partial charge < -0.3 is 52.8 Å². The van der Waals surface area contributed by atoms with Crippen LogP contribution in [0.4, 0.5) is 0 Å². The first-order chi connectivity index (χ1) is 20.1. The zero-order valence-electron chi connectivity index (χ0n) is 22.9. The van der Waals surface area contributed by atoms with E-state index in [1.165, 1.54) is 0 Å². The molecular formula is C25H39N11O6. The van der Waals surface area contributed by atoms with Crippen LogP contribution in [0.15, 0.2) is 30.6 Å². The number of aliphatic hydroxyl groups is 4. The second kappa shape index (κ2) is 13.1. The molecule has 0 unspecified atom stereocenters. The van der Waals surface area contributed by atoms with Crippen molar-refractivity contribution in [2.75, 3.05) is 0 Å². The molecule has 230 valence electrons. The van der Waals surface area contributed by atoms with Gasteiger partial charge in [-0.05, 0) is 25.0 Å². The Morgan fingerprint density at radius 2 is 1.07 bits per heavy atom. The van der Waals surface area contributed by atoms with Crippen LogP contribution in [0.5, 0.6) is 0 Å². The molecule has 0 saturated heterocycles. The average Bonchev–Trinajstić information content (AvgIpc) is 3.59. The molecule has 3 aromatic heterocycles. The van der Waals surface area contributed by atoms with E-state index in [1.54, 1.807) is 21.8 Å². The lowest BCUT2D eigenvalue weighted by molar-refractivity contribution is -0.132. The third-order valence-electron chi connectivity index (χ3n) is 7.71. The number of ether oxygens (including phenoxy) is 2. The molecule has 0 radical (unpaired) electrons. The molecule has 0 amide bonds. The molecule has 2 saturated carbocycles. The summed E-state index contributed by atoms with van der Waals surface area (Å²) in [4.78, 5) is 4.67. The summed E-state index contributed by atoms with van der Waals surface area (Å²) in [6.07, 6.45) is -2.03. The van der Waals surface area contributed by atoms with E-state index < -0.39 is 60.8 Å². The van der Waals surface area contributed by atoms with Crippen molar-refractivity contribution in [3.63, 3.8) is 0 Å². The van der Waals surface area contributed by atoms with E-state index in [4.69, 9.17) is 32.4 Å². The Balaban J connectivity index is 1.12.